The number of benzene rings is 1. The molecular formula is C14H20N2OS. The summed E-state index contributed by atoms with van der Waals surface area (Å²) in [4.78, 5) is 15.3. The number of carbonyl (C=O) groups is 1. The number of amides is 1. The lowest BCUT2D eigenvalue weighted by molar-refractivity contribution is -0.133. The fourth-order valence-electron chi connectivity index (χ4n) is 2.13. The average Bonchev–Trinajstić information content (AvgIpc) is 2.40. The maximum atomic E-state index is 12.1. The summed E-state index contributed by atoms with van der Waals surface area (Å²) in [7, 11) is 0. The van der Waals surface area contributed by atoms with Crippen molar-refractivity contribution >= 4 is 17.7 Å². The molecule has 1 aromatic carbocycles. The fourth-order valence-corrected chi connectivity index (χ4v) is 2.99. The molecule has 0 bridgehead atoms. The van der Waals surface area contributed by atoms with E-state index in [1.54, 1.807) is 11.8 Å². The fraction of sp³-hybridized carbons (Fsp3) is 0.500. The number of rotatable bonds is 4. The zero-order valence-electron chi connectivity index (χ0n) is 10.8. The van der Waals surface area contributed by atoms with E-state index in [0.717, 1.165) is 25.4 Å². The van der Waals surface area contributed by atoms with E-state index in [4.69, 9.17) is 0 Å². The van der Waals surface area contributed by atoms with Gasteiger partial charge >= 0.3 is 0 Å². The minimum atomic E-state index is 0.285. The van der Waals surface area contributed by atoms with Crippen LogP contribution < -0.4 is 5.32 Å². The first-order valence-electron chi connectivity index (χ1n) is 6.45. The van der Waals surface area contributed by atoms with E-state index in [1.807, 2.05) is 23.1 Å². The van der Waals surface area contributed by atoms with Crippen LogP contribution in [-0.2, 0) is 4.79 Å². The Kier molecular flexibility index (Phi) is 5.08. The van der Waals surface area contributed by atoms with Crippen molar-refractivity contribution in [2.24, 2.45) is 0 Å². The van der Waals surface area contributed by atoms with Gasteiger partial charge in [-0.1, -0.05) is 18.2 Å². The van der Waals surface area contributed by atoms with E-state index in [2.05, 4.69) is 24.4 Å². The van der Waals surface area contributed by atoms with Crippen molar-refractivity contribution in [2.75, 3.05) is 25.4 Å². The molecule has 1 fully saturated rings. The Labute approximate surface area is 113 Å². The lowest BCUT2D eigenvalue weighted by Crippen LogP contribution is -2.52. The molecule has 0 saturated carbocycles. The van der Waals surface area contributed by atoms with Crippen LogP contribution in [0.1, 0.15) is 13.3 Å². The van der Waals surface area contributed by atoms with Gasteiger partial charge in [0.25, 0.3) is 0 Å². The molecule has 18 heavy (non-hydrogen) atoms. The summed E-state index contributed by atoms with van der Waals surface area (Å²) in [6, 6.07) is 10.6. The summed E-state index contributed by atoms with van der Waals surface area (Å²) in [6.07, 6.45) is 0.629. The number of nitrogens with zero attached hydrogens (tertiary/aromatic N) is 1. The van der Waals surface area contributed by atoms with Crippen LogP contribution in [-0.4, -0.2) is 42.2 Å². The molecule has 0 radical (unpaired) electrons. The molecule has 1 heterocycles. The van der Waals surface area contributed by atoms with Crippen LogP contribution in [0.5, 0.6) is 0 Å². The van der Waals surface area contributed by atoms with Crippen LogP contribution in [0.3, 0.4) is 0 Å². The molecule has 1 aliphatic heterocycles. The zero-order chi connectivity index (χ0) is 12.8. The zero-order valence-corrected chi connectivity index (χ0v) is 11.6. The van der Waals surface area contributed by atoms with Crippen LogP contribution in [0.4, 0.5) is 0 Å². The van der Waals surface area contributed by atoms with Crippen molar-refractivity contribution in [1.82, 2.24) is 10.2 Å². The van der Waals surface area contributed by atoms with Gasteiger partial charge in [0.15, 0.2) is 0 Å². The Bertz CT molecular complexity index is 383. The Hall–Kier alpha value is -1.00. The van der Waals surface area contributed by atoms with Gasteiger partial charge in [0.05, 0.1) is 0 Å². The standard InChI is InChI=1S/C14H20N2OS/c1-12-11-15-8-9-16(12)14(17)7-10-18-13-5-3-2-4-6-13/h2-6,12,15H,7-11H2,1H3/t12-/m1/s1. The Morgan fingerprint density at radius 1 is 1.44 bits per heavy atom. The van der Waals surface area contributed by atoms with Gasteiger partial charge in [0.1, 0.15) is 0 Å². The number of nitrogens with one attached hydrogen (secondary N) is 1. The minimum absolute atomic E-state index is 0.285. The molecule has 1 atom stereocenters. The summed E-state index contributed by atoms with van der Waals surface area (Å²) in [5.74, 6) is 1.15. The predicted molar refractivity (Wildman–Crippen MR) is 75.8 cm³/mol. The molecule has 98 valence electrons. The quantitative estimate of drug-likeness (QED) is 0.844. The third-order valence-electron chi connectivity index (χ3n) is 3.15. The molecular weight excluding hydrogens is 244 g/mol. The summed E-state index contributed by atoms with van der Waals surface area (Å²) in [5.41, 5.74) is 0. The van der Waals surface area contributed by atoms with E-state index >= 15 is 0 Å². The molecule has 1 saturated heterocycles. The van der Waals surface area contributed by atoms with Gasteiger partial charge in [-0.25, -0.2) is 0 Å². The summed E-state index contributed by atoms with van der Waals surface area (Å²) < 4.78 is 0. The highest BCUT2D eigenvalue weighted by atomic mass is 32.2. The molecule has 0 spiro atoms. The number of thioether (sulfide) groups is 1. The van der Waals surface area contributed by atoms with Crippen molar-refractivity contribution in [2.45, 2.75) is 24.3 Å². The molecule has 1 aliphatic rings. The molecule has 0 aromatic heterocycles. The first-order chi connectivity index (χ1) is 8.77. The average molecular weight is 264 g/mol. The van der Waals surface area contributed by atoms with E-state index in [1.165, 1.54) is 4.90 Å². The smallest absolute Gasteiger partial charge is 0.223 e. The van der Waals surface area contributed by atoms with E-state index in [9.17, 15) is 4.79 Å². The van der Waals surface area contributed by atoms with Crippen LogP contribution in [0.25, 0.3) is 0 Å². The largest absolute Gasteiger partial charge is 0.337 e. The van der Waals surface area contributed by atoms with E-state index in [-0.39, 0.29) is 5.91 Å². The predicted octanol–water partition coefficient (Wildman–Crippen LogP) is 1.99. The SMILES string of the molecule is C[C@@H]1CNCCN1C(=O)CCSc1ccccc1. The molecule has 0 unspecified atom stereocenters. The molecule has 0 aliphatic carbocycles. The molecule has 1 amide bonds. The number of hydrogen-bond acceptors (Lipinski definition) is 3. The highest BCUT2D eigenvalue weighted by Crippen LogP contribution is 2.18. The highest BCUT2D eigenvalue weighted by molar-refractivity contribution is 7.99. The van der Waals surface area contributed by atoms with Gasteiger partial charge in [0.2, 0.25) is 5.91 Å². The molecule has 2 rings (SSSR count). The van der Waals surface area contributed by atoms with E-state index < -0.39 is 0 Å². The highest BCUT2D eigenvalue weighted by Gasteiger charge is 2.22. The first kappa shape index (κ1) is 13.4. The van der Waals surface area contributed by atoms with Crippen molar-refractivity contribution in [3.8, 4) is 0 Å². The Morgan fingerprint density at radius 2 is 2.22 bits per heavy atom. The van der Waals surface area contributed by atoms with Gasteiger partial charge in [-0.05, 0) is 19.1 Å². The third-order valence-corrected chi connectivity index (χ3v) is 4.16. The van der Waals surface area contributed by atoms with Gasteiger partial charge in [-0.3, -0.25) is 4.79 Å². The molecule has 1 N–H and O–H groups in total. The summed E-state index contributed by atoms with van der Waals surface area (Å²) >= 11 is 1.75. The monoisotopic (exact) mass is 264 g/mol. The van der Waals surface area contributed by atoms with Gasteiger partial charge in [-0.15, -0.1) is 11.8 Å². The van der Waals surface area contributed by atoms with Crippen molar-refractivity contribution < 1.29 is 4.79 Å². The Morgan fingerprint density at radius 3 is 2.94 bits per heavy atom. The Balaban J connectivity index is 1.74. The lowest BCUT2D eigenvalue weighted by atomic mass is 10.2. The summed E-state index contributed by atoms with van der Waals surface area (Å²) in [6.45, 7) is 4.78. The van der Waals surface area contributed by atoms with Crippen LogP contribution in [0.2, 0.25) is 0 Å². The normalized spacial score (nSPS) is 19.8. The van der Waals surface area contributed by atoms with Crippen LogP contribution >= 0.6 is 11.8 Å². The third kappa shape index (κ3) is 3.75. The first-order valence-corrected chi connectivity index (χ1v) is 7.44. The van der Waals surface area contributed by atoms with Crippen LogP contribution in [0, 0.1) is 0 Å². The number of carbonyl (C=O) groups excluding carboxylic acids is 1. The molecule has 3 nitrogen and oxygen atoms in total. The van der Waals surface area contributed by atoms with Gasteiger partial charge in [0, 0.05) is 42.7 Å². The van der Waals surface area contributed by atoms with Crippen molar-refractivity contribution in [3.05, 3.63) is 30.3 Å². The van der Waals surface area contributed by atoms with E-state index in [0.29, 0.717) is 12.5 Å². The lowest BCUT2D eigenvalue weighted by Gasteiger charge is -2.34. The van der Waals surface area contributed by atoms with Crippen molar-refractivity contribution in [1.29, 1.82) is 0 Å². The maximum Gasteiger partial charge on any atom is 0.223 e. The van der Waals surface area contributed by atoms with Crippen LogP contribution in [0.15, 0.2) is 35.2 Å². The maximum absolute atomic E-state index is 12.1. The number of piperazine rings is 1. The number of hydrogen-bond donors (Lipinski definition) is 1. The van der Waals surface area contributed by atoms with Crippen molar-refractivity contribution in [3.63, 3.8) is 0 Å². The summed E-state index contributed by atoms with van der Waals surface area (Å²) in [5, 5.41) is 3.30. The topological polar surface area (TPSA) is 32.3 Å². The van der Waals surface area contributed by atoms with Gasteiger partial charge < -0.3 is 10.2 Å². The second-order valence-corrected chi connectivity index (χ2v) is 5.72. The molecule has 1 aromatic rings. The second kappa shape index (κ2) is 6.81. The molecule has 4 heteroatoms. The second-order valence-electron chi connectivity index (χ2n) is 4.55. The minimum Gasteiger partial charge on any atom is -0.337 e. The van der Waals surface area contributed by atoms with Gasteiger partial charge in [-0.2, -0.15) is 0 Å².